The Balaban J connectivity index is 0.000000216. The highest BCUT2D eigenvalue weighted by atomic mass is 79.9. The van der Waals surface area contributed by atoms with Crippen molar-refractivity contribution in [2.24, 2.45) is 0 Å². The molecule has 0 saturated heterocycles. The zero-order valence-corrected chi connectivity index (χ0v) is 33.2. The lowest BCUT2D eigenvalue weighted by atomic mass is 10.1. The summed E-state index contributed by atoms with van der Waals surface area (Å²) in [5.41, 5.74) is 1.38. The number of carbonyl (C=O) groups excluding carboxylic acids is 1. The molecule has 0 radical (unpaired) electrons. The number of para-hydroxylation sites is 2. The number of hydrogen-bond acceptors (Lipinski definition) is 14. The van der Waals surface area contributed by atoms with E-state index in [0.717, 1.165) is 20.7 Å². The Labute approximate surface area is 328 Å². The second kappa shape index (κ2) is 17.1. The number of aromatic nitrogens is 6. The number of rotatable bonds is 11. The summed E-state index contributed by atoms with van der Waals surface area (Å²) in [4.78, 5) is 23.9. The lowest BCUT2D eigenvalue weighted by Crippen LogP contribution is -2.29. The Bertz CT molecular complexity index is 2730. The van der Waals surface area contributed by atoms with Crippen LogP contribution in [0.4, 0.5) is 4.39 Å². The summed E-state index contributed by atoms with van der Waals surface area (Å²) >= 11 is 3.29. The van der Waals surface area contributed by atoms with Crippen LogP contribution in [0, 0.1) is 24.1 Å². The molecule has 0 bridgehead atoms. The molecule has 0 amide bonds. The fourth-order valence-corrected chi connectivity index (χ4v) is 7.64. The summed E-state index contributed by atoms with van der Waals surface area (Å²) in [5, 5.41) is 12.5. The summed E-state index contributed by atoms with van der Waals surface area (Å²) in [6, 6.07) is 20.9. The minimum atomic E-state index is -4.36. The van der Waals surface area contributed by atoms with Crippen LogP contribution in [-0.2, 0) is 34.5 Å². The van der Waals surface area contributed by atoms with Gasteiger partial charge in [0.1, 0.15) is 41.6 Å². The Kier molecular flexibility index (Phi) is 12.5. The van der Waals surface area contributed by atoms with Gasteiger partial charge in [0.15, 0.2) is 0 Å². The highest BCUT2D eigenvalue weighted by Gasteiger charge is 2.30. The van der Waals surface area contributed by atoms with Crippen molar-refractivity contribution in [2.75, 3.05) is 28.3 Å². The van der Waals surface area contributed by atoms with Gasteiger partial charge in [0.05, 0.1) is 37.6 Å². The maximum absolute atomic E-state index is 13.7. The van der Waals surface area contributed by atoms with Crippen LogP contribution in [0.2, 0.25) is 0 Å². The van der Waals surface area contributed by atoms with Crippen molar-refractivity contribution in [1.82, 2.24) is 32.4 Å². The molecule has 0 spiro atoms. The van der Waals surface area contributed by atoms with E-state index in [1.54, 1.807) is 48.5 Å². The highest BCUT2D eigenvalue weighted by molar-refractivity contribution is 9.10. The number of esters is 1. The van der Waals surface area contributed by atoms with Crippen LogP contribution in [0.15, 0.2) is 101 Å². The third-order valence-corrected chi connectivity index (χ3v) is 11.7. The number of methoxy groups -OCH3 is 2. The number of ether oxygens (including phenoxy) is 4. The second-order valence-corrected chi connectivity index (χ2v) is 15.8. The molecule has 3 aromatic carbocycles. The van der Waals surface area contributed by atoms with Crippen LogP contribution in [-0.4, -0.2) is 83.5 Å². The van der Waals surface area contributed by atoms with Gasteiger partial charge in [0, 0.05) is 35.2 Å². The molecule has 0 fully saturated rings. The van der Waals surface area contributed by atoms with Gasteiger partial charge in [-0.25, -0.2) is 28.1 Å². The van der Waals surface area contributed by atoms with Crippen molar-refractivity contribution in [3.05, 3.63) is 119 Å². The fourth-order valence-electron chi connectivity index (χ4n) is 4.88. The van der Waals surface area contributed by atoms with Gasteiger partial charge in [0.25, 0.3) is 5.16 Å². The van der Waals surface area contributed by atoms with Gasteiger partial charge in [0.2, 0.25) is 11.8 Å². The molecule has 56 heavy (non-hydrogen) atoms. The Morgan fingerprint density at radius 1 is 0.929 bits per heavy atom. The minimum absolute atomic E-state index is 0.0844. The largest absolute Gasteiger partial charge is 0.503 e. The van der Waals surface area contributed by atoms with E-state index < -0.39 is 37.2 Å². The monoisotopic (exact) mass is 868 g/mol. The van der Waals surface area contributed by atoms with E-state index in [-0.39, 0.29) is 28.5 Å². The number of carbonyl (C=O) groups is 1. The number of halogens is 2. The number of nitriles is 1. The quantitative estimate of drug-likeness (QED) is 0.0904. The Hall–Kier alpha value is -6.21. The third kappa shape index (κ3) is 8.52. The van der Waals surface area contributed by atoms with E-state index in [1.165, 1.54) is 66.0 Å². The minimum Gasteiger partial charge on any atom is -0.503 e. The van der Waals surface area contributed by atoms with Gasteiger partial charge >= 0.3 is 26.2 Å². The first-order valence-electron chi connectivity index (χ1n) is 15.8. The number of hydrogen-bond donors (Lipinski definition) is 0. The maximum atomic E-state index is 13.7. The van der Waals surface area contributed by atoms with Crippen molar-refractivity contribution in [2.45, 2.75) is 12.1 Å². The van der Waals surface area contributed by atoms with Crippen LogP contribution in [0.1, 0.15) is 16.8 Å². The smallest absolute Gasteiger partial charge is 0.341 e. The van der Waals surface area contributed by atoms with Crippen molar-refractivity contribution >= 4 is 58.6 Å². The van der Waals surface area contributed by atoms with Crippen LogP contribution in [0.25, 0.3) is 16.5 Å². The van der Waals surface area contributed by atoms with Crippen LogP contribution < -0.4 is 9.47 Å². The molecular formula is C35H30BrFN8O9S2. The molecule has 21 heteroatoms. The van der Waals surface area contributed by atoms with Crippen molar-refractivity contribution in [3.63, 3.8) is 0 Å². The average Bonchev–Trinajstić information content (AvgIpc) is 3.79. The molecule has 0 unspecified atom stereocenters. The number of fused-ring (bicyclic) bond motifs is 1. The SMILES string of the molecule is CO/C=C(/C(=O)OC)c1ccccc1Oc1cc(Oc2ccccc2C#N)ncn1.Cc1c(Br)c2ccc(F)cc2n1S(=O)(=O)c1ncn(S(=O)(=O)N(C)C)n1. The van der Waals surface area contributed by atoms with Crippen LogP contribution >= 0.6 is 15.9 Å². The van der Waals surface area contributed by atoms with Gasteiger partial charge in [-0.05, 0) is 59.3 Å². The third-order valence-electron chi connectivity index (χ3n) is 7.53. The van der Waals surface area contributed by atoms with E-state index >= 15 is 0 Å². The Morgan fingerprint density at radius 3 is 2.21 bits per heavy atom. The molecule has 0 aliphatic carbocycles. The summed E-state index contributed by atoms with van der Waals surface area (Å²) in [7, 11) is -3.13. The van der Waals surface area contributed by atoms with E-state index in [1.807, 2.05) is 0 Å². The highest BCUT2D eigenvalue weighted by Crippen LogP contribution is 2.34. The van der Waals surface area contributed by atoms with Gasteiger partial charge in [-0.2, -0.15) is 26.4 Å². The Morgan fingerprint density at radius 2 is 1.57 bits per heavy atom. The van der Waals surface area contributed by atoms with Crippen LogP contribution in [0.5, 0.6) is 23.3 Å². The molecule has 3 heterocycles. The molecule has 290 valence electrons. The van der Waals surface area contributed by atoms with Crippen molar-refractivity contribution < 1.29 is 45.0 Å². The fraction of sp³-hybridized carbons (Fsp3) is 0.143. The molecule has 0 aliphatic rings. The summed E-state index contributed by atoms with van der Waals surface area (Å²) in [6.45, 7) is 1.52. The van der Waals surface area contributed by atoms with Crippen LogP contribution in [0.3, 0.4) is 0 Å². The van der Waals surface area contributed by atoms with E-state index in [0.29, 0.717) is 36.6 Å². The number of benzene rings is 3. The molecule has 17 nitrogen and oxygen atoms in total. The molecule has 3 aromatic heterocycles. The van der Waals surface area contributed by atoms with E-state index in [9.17, 15) is 31.3 Å². The van der Waals surface area contributed by atoms with Gasteiger partial charge in [-0.1, -0.05) is 30.3 Å². The normalized spacial score (nSPS) is 11.7. The standard InChI is InChI=1S/C22H17N3O5.C13H13BrFN5O4S2/c1-27-13-17(22(26)28-2)16-8-4-6-10-19(16)30-21-11-20(24-14-25-21)29-18-9-5-3-7-15(18)12-23;1-8-12(14)10-5-4-9(15)6-11(10)20(8)25(21,22)13-16-7-19(17-13)26(23,24)18(2)3/h3-11,13-14H,1-2H3;4-7H,1-3H3/b17-13+;. The molecular weight excluding hydrogens is 839 g/mol. The molecule has 0 saturated carbocycles. The average molecular weight is 870 g/mol. The zero-order chi connectivity index (χ0) is 40.8. The van der Waals surface area contributed by atoms with Gasteiger partial charge in [-0.3, -0.25) is 0 Å². The topological polar surface area (TPSA) is 211 Å². The van der Waals surface area contributed by atoms with E-state index in [2.05, 4.69) is 42.0 Å². The van der Waals surface area contributed by atoms with E-state index in [4.69, 9.17) is 18.9 Å². The lowest BCUT2D eigenvalue weighted by molar-refractivity contribution is -0.133. The molecule has 6 aromatic rings. The summed E-state index contributed by atoms with van der Waals surface area (Å²) in [5.74, 6) is -0.0981. The molecule has 6 rings (SSSR count). The lowest BCUT2D eigenvalue weighted by Gasteiger charge is -2.12. The maximum Gasteiger partial charge on any atom is 0.341 e. The van der Waals surface area contributed by atoms with Crippen molar-refractivity contribution in [1.29, 1.82) is 5.26 Å². The van der Waals surface area contributed by atoms with Gasteiger partial charge in [-0.15, -0.1) is 9.19 Å². The first-order valence-corrected chi connectivity index (χ1v) is 19.4. The predicted molar refractivity (Wildman–Crippen MR) is 202 cm³/mol. The molecule has 0 aliphatic heterocycles. The summed E-state index contributed by atoms with van der Waals surface area (Å²) < 4.78 is 87.8. The second-order valence-electron chi connectivity index (χ2n) is 11.3. The predicted octanol–water partition coefficient (Wildman–Crippen LogP) is 5.43. The summed E-state index contributed by atoms with van der Waals surface area (Å²) in [6.07, 6.45) is 3.34. The van der Waals surface area contributed by atoms with Gasteiger partial charge < -0.3 is 18.9 Å². The first-order chi connectivity index (χ1) is 26.6. The number of nitrogens with zero attached hydrogens (tertiary/aromatic N) is 8. The zero-order valence-electron chi connectivity index (χ0n) is 30.0. The van der Waals surface area contributed by atoms with Crippen molar-refractivity contribution in [3.8, 4) is 29.3 Å². The first kappa shape index (κ1) is 41.0. The molecule has 0 atom stereocenters. The molecule has 0 N–H and O–H groups in total.